The van der Waals surface area contributed by atoms with Gasteiger partial charge in [-0.15, -0.1) is 11.3 Å². The zero-order valence-electron chi connectivity index (χ0n) is 44.0. The first-order valence-corrected chi connectivity index (χ1v) is 29.3. The predicted molar refractivity (Wildman–Crippen MR) is 295 cm³/mol. The number of piperidine rings is 2. The van der Waals surface area contributed by atoms with Gasteiger partial charge in [-0.05, 0) is 102 Å². The molecule has 82 heavy (non-hydrogen) atoms. The number of Topliss-reactive ketones (excluding diaryl/α,β-unsaturated/α-hetero) is 1. The SMILES string of the molecule is NC(=O)NC[C@H](NC(=O)[C@@H]1Cc2cccc3c2N1C(=O)[C@@H](NC(=O)c1cc2cc(C(F)(F)P(=O)(O)O)ccc2s1)CC3)C(=O)C[C@H](C(=O)N1CCC(CCC#Cc2cccc3c2CN(C2CCC(=O)NC2=O)C3=O)CC1)c1ccccc1. The van der Waals surface area contributed by atoms with Crippen molar-refractivity contribution in [2.45, 2.75) is 107 Å². The van der Waals surface area contributed by atoms with Crippen molar-refractivity contribution < 1.29 is 66.3 Å². The Morgan fingerprint density at radius 3 is 2.37 bits per heavy atom. The number of fused-ring (bicyclic) bond motifs is 2. The fraction of sp³-hybridized carbons (Fsp3) is 0.362. The van der Waals surface area contributed by atoms with Crippen LogP contribution < -0.4 is 31.9 Å². The van der Waals surface area contributed by atoms with Crippen molar-refractivity contribution in [1.82, 2.24) is 31.1 Å². The molecule has 9 amide bonds. The highest BCUT2D eigenvalue weighted by molar-refractivity contribution is 7.52. The van der Waals surface area contributed by atoms with Gasteiger partial charge in [0, 0.05) is 73.3 Å². The van der Waals surface area contributed by atoms with Gasteiger partial charge in [-0.1, -0.05) is 72.5 Å². The lowest BCUT2D eigenvalue weighted by Crippen LogP contribution is -2.58. The molecular formula is C58H57F2N8O12PS. The number of likely N-dealkylation sites (tertiary alicyclic amines) is 1. The first-order valence-electron chi connectivity index (χ1n) is 26.8. The average molecular weight is 1160 g/mol. The first kappa shape index (κ1) is 57.1. The zero-order chi connectivity index (χ0) is 58.2. The maximum Gasteiger partial charge on any atom is 0.399 e. The smallest absolute Gasteiger partial charge is 0.352 e. The van der Waals surface area contributed by atoms with Gasteiger partial charge in [0.2, 0.25) is 29.5 Å². The van der Waals surface area contributed by atoms with Crippen LogP contribution in [0.3, 0.4) is 0 Å². The van der Waals surface area contributed by atoms with E-state index >= 15 is 0 Å². The van der Waals surface area contributed by atoms with Crippen LogP contribution in [0.1, 0.15) is 111 Å². The maximum absolute atomic E-state index is 14.6. The summed E-state index contributed by atoms with van der Waals surface area (Å²) in [4.78, 5) is 145. The average Bonchev–Trinajstić information content (AvgIpc) is 4.07. The molecule has 5 aliphatic rings. The summed E-state index contributed by atoms with van der Waals surface area (Å²) in [5.74, 6) is 1.59. The van der Waals surface area contributed by atoms with E-state index in [-0.39, 0.29) is 72.6 Å². The van der Waals surface area contributed by atoms with Gasteiger partial charge in [0.05, 0.1) is 16.5 Å². The lowest BCUT2D eigenvalue weighted by molar-refractivity contribution is -0.137. The van der Waals surface area contributed by atoms with Crippen molar-refractivity contribution in [3.8, 4) is 11.8 Å². The Morgan fingerprint density at radius 2 is 1.63 bits per heavy atom. The second-order valence-electron chi connectivity index (χ2n) is 21.1. The number of nitrogens with one attached hydrogen (secondary N) is 4. The monoisotopic (exact) mass is 1160 g/mol. The van der Waals surface area contributed by atoms with E-state index in [9.17, 15) is 66.3 Å². The van der Waals surface area contributed by atoms with Gasteiger partial charge in [0.15, 0.2) is 5.78 Å². The number of alkyl halides is 2. The molecule has 0 spiro atoms. The molecule has 6 heterocycles. The Morgan fingerprint density at radius 1 is 0.890 bits per heavy atom. The Hall–Kier alpha value is -8.16. The summed E-state index contributed by atoms with van der Waals surface area (Å²) in [6.07, 6.45) is 3.12. The fourth-order valence-corrected chi connectivity index (χ4v) is 13.0. The van der Waals surface area contributed by atoms with E-state index in [4.69, 9.17) is 5.73 Å². The van der Waals surface area contributed by atoms with Crippen LogP contribution in [0.2, 0.25) is 0 Å². The Balaban J connectivity index is 0.788. The summed E-state index contributed by atoms with van der Waals surface area (Å²) in [6, 6.07) is 18.1. The Labute approximate surface area is 472 Å². The number of nitrogens with two attached hydrogens (primary N) is 1. The molecule has 8 N–H and O–H groups in total. The molecule has 0 saturated carbocycles. The number of carbonyl (C=O) groups is 9. The number of rotatable bonds is 16. The highest BCUT2D eigenvalue weighted by atomic mass is 32.1. The van der Waals surface area contributed by atoms with Crippen LogP contribution in [0.5, 0.6) is 0 Å². The number of amides is 9. The largest absolute Gasteiger partial charge is 0.399 e. The molecule has 426 valence electrons. The molecule has 5 aliphatic heterocycles. The van der Waals surface area contributed by atoms with Crippen LogP contribution in [0.15, 0.2) is 91.0 Å². The number of thiophene rings is 1. The van der Waals surface area contributed by atoms with Crippen molar-refractivity contribution in [2.24, 2.45) is 11.7 Å². The molecule has 5 aromatic rings. The Kier molecular flexibility index (Phi) is 16.3. The van der Waals surface area contributed by atoms with Gasteiger partial charge in [-0.3, -0.25) is 53.1 Å². The van der Waals surface area contributed by atoms with Gasteiger partial charge < -0.3 is 41.3 Å². The van der Waals surface area contributed by atoms with Crippen LogP contribution in [-0.4, -0.2) is 117 Å². The summed E-state index contributed by atoms with van der Waals surface area (Å²) in [5.41, 5.74) is 4.38. The van der Waals surface area contributed by atoms with Gasteiger partial charge >= 0.3 is 19.3 Å². The summed E-state index contributed by atoms with van der Waals surface area (Å²) in [6.45, 7) is 0.587. The molecule has 24 heteroatoms. The normalized spacial score (nSPS) is 19.8. The fourth-order valence-electron chi connectivity index (χ4n) is 11.6. The van der Waals surface area contributed by atoms with Crippen molar-refractivity contribution in [3.05, 3.63) is 135 Å². The van der Waals surface area contributed by atoms with Gasteiger partial charge in [-0.2, -0.15) is 8.78 Å². The lowest BCUT2D eigenvalue weighted by atomic mass is 9.87. The molecule has 2 saturated heterocycles. The Bertz CT molecular complexity index is 3570. The summed E-state index contributed by atoms with van der Waals surface area (Å²) >= 11 is 0.914. The van der Waals surface area contributed by atoms with E-state index < -0.39 is 90.9 Å². The number of imide groups is 1. The van der Waals surface area contributed by atoms with Crippen LogP contribution in [-0.2, 0) is 58.4 Å². The number of carbonyl (C=O) groups excluding carboxylic acids is 9. The van der Waals surface area contributed by atoms with Crippen LogP contribution in [0.25, 0.3) is 10.1 Å². The molecule has 0 radical (unpaired) electrons. The molecule has 4 aromatic carbocycles. The van der Waals surface area contributed by atoms with E-state index in [1.165, 1.54) is 21.9 Å². The third-order valence-electron chi connectivity index (χ3n) is 16.0. The van der Waals surface area contributed by atoms with E-state index in [2.05, 4.69) is 33.1 Å². The van der Waals surface area contributed by atoms with E-state index in [1.807, 2.05) is 6.07 Å². The highest BCUT2D eigenvalue weighted by Gasteiger charge is 2.51. The van der Waals surface area contributed by atoms with Gasteiger partial charge in [0.1, 0.15) is 24.2 Å². The molecule has 20 nitrogen and oxygen atoms in total. The number of primary amides is 1. The third kappa shape index (κ3) is 11.7. The topological polar surface area (TPSA) is 295 Å². The number of aryl methyl sites for hydroxylation is 1. The summed E-state index contributed by atoms with van der Waals surface area (Å²) < 4.78 is 41.1. The second-order valence-corrected chi connectivity index (χ2v) is 23.9. The van der Waals surface area contributed by atoms with Gasteiger partial charge in [-0.25, -0.2) is 4.79 Å². The molecule has 2 fully saturated rings. The van der Waals surface area contributed by atoms with Crippen LogP contribution in [0, 0.1) is 17.8 Å². The first-order chi connectivity index (χ1) is 39.2. The molecular weight excluding hydrogens is 1100 g/mol. The van der Waals surface area contributed by atoms with Crippen molar-refractivity contribution in [1.29, 1.82) is 0 Å². The lowest BCUT2D eigenvalue weighted by Gasteiger charge is -2.34. The van der Waals surface area contributed by atoms with E-state index in [1.54, 1.807) is 65.6 Å². The van der Waals surface area contributed by atoms with Crippen LogP contribution >= 0.6 is 18.9 Å². The number of urea groups is 1. The standard InChI is InChI=1S/C58H57F2N8O12PS/c59-58(60,81(78,79)80)38-17-20-47-37(26-38)28-48(82-47)53(73)63-42-18-16-35-13-6-14-36-27-45(68(50(35)36)56(42)76)52(72)64-43(30-62-57(61)77)46(69)29-40(33-9-2-1-3-10-33)54(74)66-24-22-32(23-25-66)8-4-5-11-34-12-7-15-39-41(34)31-67(55(39)75)44-19-21-49(70)65-51(44)71/h1-3,6-7,9-10,12-15,17,20,26,28,32,40,42-45H,4,8,16,18-19,21-25,27,29-31H2,(H,63,73)(H,64,72)(H3,61,62,77)(H,65,70,71)(H2,78,79,80)/t40-,42-,43-,44?,45-/m0/s1. The van der Waals surface area contributed by atoms with Crippen LogP contribution in [0.4, 0.5) is 19.3 Å². The molecule has 1 aromatic heterocycles. The van der Waals surface area contributed by atoms with Crippen molar-refractivity contribution >= 4 is 87.9 Å². The highest BCUT2D eigenvalue weighted by Crippen LogP contribution is 2.59. The molecule has 0 aliphatic carbocycles. The summed E-state index contributed by atoms with van der Waals surface area (Å²) in [7, 11) is -5.87. The second kappa shape index (κ2) is 23.4. The molecule has 10 rings (SSSR count). The number of anilines is 1. The zero-order valence-corrected chi connectivity index (χ0v) is 45.7. The number of para-hydroxylation sites is 1. The molecule has 0 bridgehead atoms. The van der Waals surface area contributed by atoms with E-state index in [0.29, 0.717) is 71.4 Å². The molecule has 1 unspecified atom stereocenters. The minimum atomic E-state index is -5.87. The predicted octanol–water partition coefficient (Wildman–Crippen LogP) is 4.86. The molecule has 5 atom stereocenters. The van der Waals surface area contributed by atoms with Gasteiger partial charge in [0.25, 0.3) is 11.8 Å². The number of benzene rings is 4. The summed E-state index contributed by atoms with van der Waals surface area (Å²) in [5, 5.41) is 10.3. The number of hydrogen-bond acceptors (Lipinski definition) is 11. The minimum Gasteiger partial charge on any atom is -0.352 e. The number of hydrogen-bond donors (Lipinski definition) is 7. The quantitative estimate of drug-likeness (QED) is 0.0396. The van der Waals surface area contributed by atoms with Crippen molar-refractivity contribution in [3.63, 3.8) is 0 Å². The van der Waals surface area contributed by atoms with E-state index in [0.717, 1.165) is 41.0 Å². The third-order valence-corrected chi connectivity index (χ3v) is 18.1. The maximum atomic E-state index is 14.6. The number of nitrogens with zero attached hydrogens (tertiary/aromatic N) is 3. The number of halogens is 2. The number of ketones is 1. The van der Waals surface area contributed by atoms with Crippen molar-refractivity contribution in [2.75, 3.05) is 24.5 Å². The minimum absolute atomic E-state index is 0.0215.